The average molecular weight is 350 g/mol. The van der Waals surface area contributed by atoms with Crippen LogP contribution in [0.4, 0.5) is 0 Å². The van der Waals surface area contributed by atoms with Gasteiger partial charge in [-0.05, 0) is 25.7 Å². The predicted octanol–water partition coefficient (Wildman–Crippen LogP) is 2.86. The maximum atomic E-state index is 12.3. The van der Waals surface area contributed by atoms with Crippen LogP contribution in [0.1, 0.15) is 68.5 Å². The molecule has 1 N–H and O–H groups in total. The number of hydrogen-bond acceptors (Lipinski definition) is 4. The Hall–Kier alpha value is -1.43. The van der Waals surface area contributed by atoms with Gasteiger partial charge in [-0.1, -0.05) is 19.3 Å². The van der Waals surface area contributed by atoms with Gasteiger partial charge in [0.1, 0.15) is 6.04 Å². The first-order valence-corrected chi connectivity index (χ1v) is 10.0. The molecule has 2 amide bonds. The number of nitrogens with zero attached hydrogens (tertiary/aromatic N) is 2. The van der Waals surface area contributed by atoms with Crippen molar-refractivity contribution in [1.82, 2.24) is 15.2 Å². The molecule has 1 aromatic heterocycles. The second kappa shape index (κ2) is 8.10. The van der Waals surface area contributed by atoms with Gasteiger partial charge < -0.3 is 10.2 Å². The normalized spacial score (nSPS) is 21.9. The second-order valence-corrected chi connectivity index (χ2v) is 7.86. The Morgan fingerprint density at radius 1 is 1.25 bits per heavy atom. The standard InChI is InChI=1S/C18H27N3O2S/c1-13(22)21-11-5-8-16(21)18(23)19-10-9-17-20-15(12-24-17)14-6-3-2-4-7-14/h12,14,16H,2-11H2,1H3,(H,19,23)/t16-/m0/s1. The molecule has 0 bridgehead atoms. The molecule has 1 aliphatic carbocycles. The summed E-state index contributed by atoms with van der Waals surface area (Å²) < 4.78 is 0. The number of hydrogen-bond donors (Lipinski definition) is 1. The first kappa shape index (κ1) is 17.4. The lowest BCUT2D eigenvalue weighted by molar-refractivity contribution is -0.136. The monoisotopic (exact) mass is 349 g/mol. The van der Waals surface area contributed by atoms with Crippen LogP contribution in [0.5, 0.6) is 0 Å². The fourth-order valence-electron chi connectivity index (χ4n) is 3.85. The van der Waals surface area contributed by atoms with E-state index in [0.29, 0.717) is 19.0 Å². The molecule has 2 heterocycles. The van der Waals surface area contributed by atoms with E-state index in [4.69, 9.17) is 4.98 Å². The molecule has 0 spiro atoms. The van der Waals surface area contributed by atoms with E-state index in [2.05, 4.69) is 10.7 Å². The first-order valence-electron chi connectivity index (χ1n) is 9.14. The maximum absolute atomic E-state index is 12.3. The van der Waals surface area contributed by atoms with Gasteiger partial charge >= 0.3 is 0 Å². The summed E-state index contributed by atoms with van der Waals surface area (Å²) in [6, 6.07) is -0.281. The van der Waals surface area contributed by atoms with E-state index < -0.39 is 0 Å². The lowest BCUT2D eigenvalue weighted by atomic mass is 9.87. The Morgan fingerprint density at radius 2 is 2.04 bits per heavy atom. The topological polar surface area (TPSA) is 62.3 Å². The van der Waals surface area contributed by atoms with Crippen LogP contribution in [-0.4, -0.2) is 40.8 Å². The van der Waals surface area contributed by atoms with Crippen LogP contribution in [0.15, 0.2) is 5.38 Å². The molecule has 5 nitrogen and oxygen atoms in total. The van der Waals surface area contributed by atoms with Gasteiger partial charge in [0.2, 0.25) is 11.8 Å². The number of carbonyl (C=O) groups is 2. The molecule has 1 saturated carbocycles. The van der Waals surface area contributed by atoms with Crippen molar-refractivity contribution < 1.29 is 9.59 Å². The van der Waals surface area contributed by atoms with E-state index in [1.807, 2.05) is 0 Å². The average Bonchev–Trinajstić information content (AvgIpc) is 3.25. The van der Waals surface area contributed by atoms with Crippen LogP contribution >= 0.6 is 11.3 Å². The molecule has 3 rings (SSSR count). The molecule has 2 fully saturated rings. The number of amides is 2. The van der Waals surface area contributed by atoms with Crippen LogP contribution in [0.3, 0.4) is 0 Å². The molecule has 1 aliphatic heterocycles. The first-order chi connectivity index (χ1) is 11.6. The molecule has 0 aromatic carbocycles. The van der Waals surface area contributed by atoms with Crippen LogP contribution in [0.2, 0.25) is 0 Å². The van der Waals surface area contributed by atoms with E-state index in [9.17, 15) is 9.59 Å². The fourth-order valence-corrected chi connectivity index (χ4v) is 4.73. The smallest absolute Gasteiger partial charge is 0.242 e. The van der Waals surface area contributed by atoms with Gasteiger partial charge in [-0.15, -0.1) is 11.3 Å². The molecule has 24 heavy (non-hydrogen) atoms. The summed E-state index contributed by atoms with van der Waals surface area (Å²) >= 11 is 1.71. The second-order valence-electron chi connectivity index (χ2n) is 6.91. The van der Waals surface area contributed by atoms with Crippen LogP contribution in [0.25, 0.3) is 0 Å². The summed E-state index contributed by atoms with van der Waals surface area (Å²) in [7, 11) is 0. The fraction of sp³-hybridized carbons (Fsp3) is 0.722. The highest BCUT2D eigenvalue weighted by Crippen LogP contribution is 2.33. The molecule has 1 atom stereocenters. The van der Waals surface area contributed by atoms with Gasteiger partial charge in [0.15, 0.2) is 0 Å². The maximum Gasteiger partial charge on any atom is 0.242 e. The Balaban J connectivity index is 1.45. The minimum Gasteiger partial charge on any atom is -0.354 e. The van der Waals surface area contributed by atoms with E-state index >= 15 is 0 Å². The number of carbonyl (C=O) groups excluding carboxylic acids is 2. The van der Waals surface area contributed by atoms with Crippen LogP contribution < -0.4 is 5.32 Å². The van der Waals surface area contributed by atoms with Crippen molar-refractivity contribution in [2.24, 2.45) is 0 Å². The van der Waals surface area contributed by atoms with Crippen LogP contribution in [0, 0.1) is 0 Å². The zero-order valence-corrected chi connectivity index (χ0v) is 15.2. The van der Waals surface area contributed by atoms with Gasteiger partial charge in [-0.25, -0.2) is 4.98 Å². The van der Waals surface area contributed by atoms with E-state index in [0.717, 1.165) is 24.3 Å². The molecular formula is C18H27N3O2S. The molecule has 1 saturated heterocycles. The highest BCUT2D eigenvalue weighted by Gasteiger charge is 2.32. The van der Waals surface area contributed by atoms with Gasteiger partial charge in [0.05, 0.1) is 10.7 Å². The van der Waals surface area contributed by atoms with E-state index in [-0.39, 0.29) is 17.9 Å². The Bertz CT molecular complexity index is 581. The lowest BCUT2D eigenvalue weighted by Crippen LogP contribution is -2.45. The highest BCUT2D eigenvalue weighted by molar-refractivity contribution is 7.09. The number of thiazole rings is 1. The van der Waals surface area contributed by atoms with Gasteiger partial charge in [-0.3, -0.25) is 9.59 Å². The summed E-state index contributed by atoms with van der Waals surface area (Å²) in [6.07, 6.45) is 8.99. The molecule has 1 aromatic rings. The van der Waals surface area contributed by atoms with Crippen molar-refractivity contribution in [1.29, 1.82) is 0 Å². The third kappa shape index (κ3) is 4.15. The van der Waals surface area contributed by atoms with Gasteiger partial charge in [0, 0.05) is 37.7 Å². The SMILES string of the molecule is CC(=O)N1CCC[C@H]1C(=O)NCCc1nc(C2CCCCC2)cs1. The van der Waals surface area contributed by atoms with Crippen molar-refractivity contribution in [2.75, 3.05) is 13.1 Å². The van der Waals surface area contributed by atoms with Gasteiger partial charge in [0.25, 0.3) is 0 Å². The third-order valence-electron chi connectivity index (χ3n) is 5.19. The molecule has 0 radical (unpaired) electrons. The van der Waals surface area contributed by atoms with Gasteiger partial charge in [-0.2, -0.15) is 0 Å². The highest BCUT2D eigenvalue weighted by atomic mass is 32.1. The molecule has 6 heteroatoms. The summed E-state index contributed by atoms with van der Waals surface area (Å²) in [4.78, 5) is 30.3. The Kier molecular flexibility index (Phi) is 5.87. The molecule has 132 valence electrons. The van der Waals surface area contributed by atoms with Crippen molar-refractivity contribution >= 4 is 23.2 Å². The lowest BCUT2D eigenvalue weighted by Gasteiger charge is -2.22. The van der Waals surface area contributed by atoms with Crippen molar-refractivity contribution in [3.05, 3.63) is 16.1 Å². The van der Waals surface area contributed by atoms with Crippen molar-refractivity contribution in [3.8, 4) is 0 Å². The zero-order chi connectivity index (χ0) is 16.9. The largest absolute Gasteiger partial charge is 0.354 e. The predicted molar refractivity (Wildman–Crippen MR) is 95.1 cm³/mol. The third-order valence-corrected chi connectivity index (χ3v) is 6.12. The number of rotatable bonds is 5. The Labute approximate surface area is 147 Å². The minimum atomic E-state index is -0.281. The summed E-state index contributed by atoms with van der Waals surface area (Å²) in [5, 5.41) is 6.28. The zero-order valence-electron chi connectivity index (χ0n) is 14.4. The van der Waals surface area contributed by atoms with Crippen LogP contribution in [-0.2, 0) is 16.0 Å². The molecule has 0 unspecified atom stereocenters. The molecular weight excluding hydrogens is 322 g/mol. The summed E-state index contributed by atoms with van der Waals surface area (Å²) in [5.74, 6) is 0.609. The number of nitrogens with one attached hydrogen (secondary N) is 1. The van der Waals surface area contributed by atoms with E-state index in [1.54, 1.807) is 16.2 Å². The van der Waals surface area contributed by atoms with Crippen molar-refractivity contribution in [3.63, 3.8) is 0 Å². The number of aromatic nitrogens is 1. The Morgan fingerprint density at radius 3 is 2.79 bits per heavy atom. The number of likely N-dealkylation sites (tertiary alicyclic amines) is 1. The van der Waals surface area contributed by atoms with Crippen molar-refractivity contribution in [2.45, 2.75) is 70.3 Å². The van der Waals surface area contributed by atoms with E-state index in [1.165, 1.54) is 44.7 Å². The quantitative estimate of drug-likeness (QED) is 0.889. The summed E-state index contributed by atoms with van der Waals surface area (Å²) in [6.45, 7) is 2.83. The molecule has 2 aliphatic rings. The summed E-state index contributed by atoms with van der Waals surface area (Å²) in [5.41, 5.74) is 1.25. The minimum absolute atomic E-state index is 0.00954.